The maximum Gasteiger partial charge on any atom is 0.275 e. The number of hydrogen-bond donors (Lipinski definition) is 2. The van der Waals surface area contributed by atoms with E-state index in [0.717, 1.165) is 36.3 Å². The number of quaternary nitrogens is 1. The van der Waals surface area contributed by atoms with Gasteiger partial charge in [0.25, 0.3) is 5.91 Å². The van der Waals surface area contributed by atoms with Crippen LogP contribution in [0.25, 0.3) is 10.2 Å². The average molecular weight is 409 g/mol. The second-order valence-electron chi connectivity index (χ2n) is 8.10. The van der Waals surface area contributed by atoms with Gasteiger partial charge in [-0.3, -0.25) is 4.79 Å². The monoisotopic (exact) mass is 408 g/mol. The smallest absolute Gasteiger partial charge is 0.275 e. The number of amides is 1. The fourth-order valence-electron chi connectivity index (χ4n) is 4.32. The maximum atomic E-state index is 12.7. The minimum Gasteiger partial charge on any atom is -0.345 e. The van der Waals surface area contributed by atoms with E-state index in [-0.39, 0.29) is 23.5 Å². The molecule has 27 heavy (non-hydrogen) atoms. The molecule has 2 N–H and O–H groups in total. The van der Waals surface area contributed by atoms with Gasteiger partial charge in [0.05, 0.1) is 33.8 Å². The molecular formula is C19H26N3O3S2+. The van der Waals surface area contributed by atoms with Gasteiger partial charge < -0.3 is 10.2 Å². The number of carbonyl (C=O) groups excluding carboxylic acids is 1. The molecule has 1 unspecified atom stereocenters. The lowest BCUT2D eigenvalue weighted by Gasteiger charge is -2.32. The van der Waals surface area contributed by atoms with Crippen LogP contribution >= 0.6 is 11.3 Å². The first kappa shape index (κ1) is 18.8. The van der Waals surface area contributed by atoms with Crippen molar-refractivity contribution >= 4 is 37.3 Å². The van der Waals surface area contributed by atoms with Crippen molar-refractivity contribution < 1.29 is 18.1 Å². The van der Waals surface area contributed by atoms with Gasteiger partial charge in [-0.05, 0) is 38.3 Å². The van der Waals surface area contributed by atoms with Crippen molar-refractivity contribution in [2.24, 2.45) is 0 Å². The lowest BCUT2D eigenvalue weighted by Crippen LogP contribution is -3.14. The molecule has 1 amide bonds. The molecule has 3 atom stereocenters. The Morgan fingerprint density at radius 2 is 2.19 bits per heavy atom. The molecule has 146 valence electrons. The molecule has 4 rings (SSSR count). The van der Waals surface area contributed by atoms with Gasteiger partial charge in [-0.2, -0.15) is 0 Å². The topological polar surface area (TPSA) is 80.6 Å². The summed E-state index contributed by atoms with van der Waals surface area (Å²) in [4.78, 5) is 18.7. The van der Waals surface area contributed by atoms with Gasteiger partial charge in [-0.1, -0.05) is 12.1 Å². The van der Waals surface area contributed by atoms with Crippen LogP contribution in [0, 0.1) is 0 Å². The highest BCUT2D eigenvalue weighted by molar-refractivity contribution is 7.91. The summed E-state index contributed by atoms with van der Waals surface area (Å²) in [6.45, 7) is 3.16. The van der Waals surface area contributed by atoms with Gasteiger partial charge in [0.15, 0.2) is 21.4 Å². The Bertz CT molecular complexity index is 923. The summed E-state index contributed by atoms with van der Waals surface area (Å²) in [5.41, 5.74) is 0.395. The normalized spacial score (nSPS) is 30.4. The lowest BCUT2D eigenvalue weighted by atomic mass is 10.0. The Hall–Kier alpha value is -1.51. The number of sulfone groups is 1. The second-order valence-corrected chi connectivity index (χ2v) is 11.4. The Morgan fingerprint density at radius 1 is 1.37 bits per heavy atom. The van der Waals surface area contributed by atoms with Crippen LogP contribution in [0.3, 0.4) is 0 Å². The molecule has 0 spiro atoms. The van der Waals surface area contributed by atoms with Gasteiger partial charge in [0.2, 0.25) is 0 Å². The number of hydrogen-bond acceptors (Lipinski definition) is 5. The highest BCUT2D eigenvalue weighted by Gasteiger charge is 2.40. The van der Waals surface area contributed by atoms with Crippen molar-refractivity contribution in [3.8, 4) is 0 Å². The first-order chi connectivity index (χ1) is 12.8. The molecule has 0 radical (unpaired) electrons. The predicted octanol–water partition coefficient (Wildman–Crippen LogP) is 1.10. The maximum absolute atomic E-state index is 12.7. The summed E-state index contributed by atoms with van der Waals surface area (Å²) in [6.07, 6.45) is 3.79. The molecule has 2 fully saturated rings. The molecule has 0 aliphatic carbocycles. The largest absolute Gasteiger partial charge is 0.345 e. The first-order valence-corrected chi connectivity index (χ1v) is 12.2. The van der Waals surface area contributed by atoms with Crippen LogP contribution in [0.4, 0.5) is 0 Å². The van der Waals surface area contributed by atoms with Gasteiger partial charge >= 0.3 is 0 Å². The summed E-state index contributed by atoms with van der Waals surface area (Å²) >= 11 is 1.72. The molecule has 0 saturated carbocycles. The number of thiazole rings is 1. The summed E-state index contributed by atoms with van der Waals surface area (Å²) in [7, 11) is -3.03. The molecule has 2 aliphatic rings. The molecule has 2 aliphatic heterocycles. The Labute approximate surface area is 163 Å². The van der Waals surface area contributed by atoms with Crippen molar-refractivity contribution in [2.75, 3.05) is 24.6 Å². The van der Waals surface area contributed by atoms with E-state index in [1.807, 2.05) is 25.1 Å². The van der Waals surface area contributed by atoms with Crippen LogP contribution in [0.1, 0.15) is 43.7 Å². The Balaban J connectivity index is 1.47. The van der Waals surface area contributed by atoms with Crippen LogP contribution in [0.2, 0.25) is 0 Å². The third kappa shape index (κ3) is 4.17. The zero-order chi connectivity index (χ0) is 19.1. The molecule has 1 aromatic heterocycles. The second kappa shape index (κ2) is 7.14. The number of aromatic nitrogens is 1. The highest BCUT2D eigenvalue weighted by Crippen LogP contribution is 2.28. The summed E-state index contributed by atoms with van der Waals surface area (Å²) < 4.78 is 24.7. The minimum atomic E-state index is -3.03. The van der Waals surface area contributed by atoms with Crippen molar-refractivity contribution in [3.63, 3.8) is 0 Å². The van der Waals surface area contributed by atoms with E-state index in [2.05, 4.69) is 11.4 Å². The number of rotatable bonds is 4. The summed E-state index contributed by atoms with van der Waals surface area (Å²) in [5, 5.41) is 4.11. The number of fused-ring (bicyclic) bond motifs is 1. The van der Waals surface area contributed by atoms with Gasteiger partial charge in [0, 0.05) is 6.42 Å². The van der Waals surface area contributed by atoms with E-state index in [1.165, 1.54) is 9.60 Å². The van der Waals surface area contributed by atoms with Crippen molar-refractivity contribution in [2.45, 2.75) is 44.2 Å². The van der Waals surface area contributed by atoms with E-state index in [9.17, 15) is 13.2 Å². The van der Waals surface area contributed by atoms with Crippen LogP contribution in [-0.2, 0) is 14.6 Å². The molecule has 1 aromatic carbocycles. The quantitative estimate of drug-likeness (QED) is 0.794. The van der Waals surface area contributed by atoms with E-state index in [4.69, 9.17) is 4.98 Å². The van der Waals surface area contributed by atoms with E-state index >= 15 is 0 Å². The molecule has 6 nitrogen and oxygen atoms in total. The zero-order valence-corrected chi connectivity index (χ0v) is 17.2. The third-order valence-corrected chi connectivity index (χ3v) is 8.73. The van der Waals surface area contributed by atoms with Crippen LogP contribution in [0.5, 0.6) is 0 Å². The SMILES string of the molecule is C[C@]1(NC(=O)C[NH+]2CCCC[C@@H]2c2nc3ccccc3s2)CCS(=O)(=O)C1. The van der Waals surface area contributed by atoms with E-state index < -0.39 is 15.4 Å². The average Bonchev–Trinajstić information content (AvgIpc) is 3.15. The number of para-hydroxylation sites is 1. The molecule has 3 heterocycles. The number of piperidine rings is 1. The highest BCUT2D eigenvalue weighted by atomic mass is 32.2. The standard InChI is InChI=1S/C19H25N3O3S2/c1-19(9-11-27(24,25)13-19)21-17(23)12-22-10-5-4-7-15(22)18-20-14-6-2-3-8-16(14)26-18/h2-3,6,8,15H,4-5,7,9-13H2,1H3,(H,21,23)/p+1/t15-,19+/m1/s1. The summed E-state index contributed by atoms with van der Waals surface area (Å²) in [6, 6.07) is 8.39. The Kier molecular flexibility index (Phi) is 4.98. The zero-order valence-electron chi connectivity index (χ0n) is 15.5. The van der Waals surface area contributed by atoms with Gasteiger partial charge in [-0.15, -0.1) is 11.3 Å². The molecule has 2 aromatic rings. The van der Waals surface area contributed by atoms with Gasteiger partial charge in [0.1, 0.15) is 6.04 Å². The fourth-order valence-corrected chi connectivity index (χ4v) is 7.58. The molecule has 0 bridgehead atoms. The van der Waals surface area contributed by atoms with Crippen LogP contribution in [-0.4, -0.2) is 49.4 Å². The number of nitrogens with one attached hydrogen (secondary N) is 2. The number of likely N-dealkylation sites (tertiary alicyclic amines) is 1. The number of carbonyl (C=O) groups is 1. The van der Waals surface area contributed by atoms with E-state index in [1.54, 1.807) is 11.3 Å². The number of benzene rings is 1. The number of nitrogens with zero attached hydrogens (tertiary/aromatic N) is 1. The Morgan fingerprint density at radius 3 is 2.93 bits per heavy atom. The fraction of sp³-hybridized carbons (Fsp3) is 0.579. The van der Waals surface area contributed by atoms with Crippen molar-refractivity contribution in [3.05, 3.63) is 29.3 Å². The van der Waals surface area contributed by atoms with Crippen molar-refractivity contribution in [1.82, 2.24) is 10.3 Å². The van der Waals surface area contributed by atoms with Crippen LogP contribution in [0.15, 0.2) is 24.3 Å². The van der Waals surface area contributed by atoms with Crippen LogP contribution < -0.4 is 10.2 Å². The first-order valence-electron chi connectivity index (χ1n) is 9.55. The molecular weight excluding hydrogens is 382 g/mol. The third-order valence-electron chi connectivity index (χ3n) is 5.67. The molecule has 2 saturated heterocycles. The van der Waals surface area contributed by atoms with E-state index in [0.29, 0.717) is 13.0 Å². The lowest BCUT2D eigenvalue weighted by molar-refractivity contribution is -0.929. The van der Waals surface area contributed by atoms with Gasteiger partial charge in [-0.25, -0.2) is 13.4 Å². The molecule has 8 heteroatoms. The minimum absolute atomic E-state index is 0.0440. The summed E-state index contributed by atoms with van der Waals surface area (Å²) in [5.74, 6) is 0.148. The van der Waals surface area contributed by atoms with Crippen molar-refractivity contribution in [1.29, 1.82) is 0 Å². The predicted molar refractivity (Wildman–Crippen MR) is 107 cm³/mol.